The fourth-order valence-electron chi connectivity index (χ4n) is 3.69. The Labute approximate surface area is 188 Å². The molecule has 0 bridgehead atoms. The Balaban J connectivity index is 1.52. The van der Waals surface area contributed by atoms with Crippen LogP contribution in [0.5, 0.6) is 0 Å². The van der Waals surface area contributed by atoms with Crippen LogP contribution in [0, 0.1) is 25.1 Å². The first-order chi connectivity index (χ1) is 15.4. The van der Waals surface area contributed by atoms with Crippen LogP contribution in [0.15, 0.2) is 76.5 Å². The Morgan fingerprint density at radius 3 is 2.69 bits per heavy atom. The Morgan fingerprint density at radius 2 is 1.91 bits per heavy atom. The number of benzene rings is 2. The highest BCUT2D eigenvalue weighted by Gasteiger charge is 2.36. The monoisotopic (exact) mass is 443 g/mol. The van der Waals surface area contributed by atoms with Crippen molar-refractivity contribution >= 4 is 39.8 Å². The van der Waals surface area contributed by atoms with E-state index in [1.54, 1.807) is 24.3 Å². The lowest BCUT2D eigenvalue weighted by Gasteiger charge is -2.20. The molecule has 0 aliphatic carbocycles. The van der Waals surface area contributed by atoms with E-state index in [1.807, 2.05) is 48.9 Å². The van der Waals surface area contributed by atoms with Crippen LogP contribution in [0.1, 0.15) is 22.4 Å². The van der Waals surface area contributed by atoms with Gasteiger partial charge >= 0.3 is 0 Å². The number of fused-ring (bicyclic) bond motifs is 1. The van der Waals surface area contributed by atoms with Crippen LogP contribution in [0.25, 0.3) is 11.8 Å². The summed E-state index contributed by atoms with van der Waals surface area (Å²) in [6.45, 7) is 4.07. The zero-order chi connectivity index (χ0) is 22.4. The van der Waals surface area contributed by atoms with Gasteiger partial charge in [0, 0.05) is 23.1 Å². The Hall–Kier alpha value is -3.78. The van der Waals surface area contributed by atoms with Crippen LogP contribution >= 0.6 is 11.8 Å². The van der Waals surface area contributed by atoms with E-state index in [0.29, 0.717) is 10.6 Å². The Bertz CT molecular complexity index is 1380. The zero-order valence-electron chi connectivity index (χ0n) is 17.3. The topological polar surface area (TPSA) is 73.8 Å². The normalized spacial score (nSPS) is 17.0. The summed E-state index contributed by atoms with van der Waals surface area (Å²) in [5.41, 5.74) is 4.43. The van der Waals surface area contributed by atoms with Gasteiger partial charge < -0.3 is 4.57 Å². The number of aromatic nitrogens is 1. The van der Waals surface area contributed by atoms with E-state index >= 15 is 0 Å². The lowest BCUT2D eigenvalue weighted by atomic mass is 10.1. The van der Waals surface area contributed by atoms with Gasteiger partial charge in [-0.3, -0.25) is 10.2 Å². The highest BCUT2D eigenvalue weighted by molar-refractivity contribution is 8.27. The molecule has 0 saturated heterocycles. The maximum atomic E-state index is 14.2. The molecular formula is C24H18FN5OS. The molecule has 2 aliphatic heterocycles. The maximum absolute atomic E-state index is 14.2. The van der Waals surface area contributed by atoms with Crippen LogP contribution in [-0.2, 0) is 4.79 Å². The van der Waals surface area contributed by atoms with E-state index in [1.165, 1.54) is 16.6 Å². The third-order valence-corrected chi connectivity index (χ3v) is 6.18. The molecule has 6 nitrogen and oxygen atoms in total. The Morgan fingerprint density at radius 1 is 1.09 bits per heavy atom. The summed E-state index contributed by atoms with van der Waals surface area (Å²) in [4.78, 5) is 16.9. The van der Waals surface area contributed by atoms with E-state index in [0.717, 1.165) is 28.7 Å². The van der Waals surface area contributed by atoms with Gasteiger partial charge in [0.15, 0.2) is 5.84 Å². The molecular weight excluding hydrogens is 425 g/mol. The number of carbonyl (C=O) groups is 1. The van der Waals surface area contributed by atoms with E-state index in [9.17, 15) is 9.18 Å². The summed E-state index contributed by atoms with van der Waals surface area (Å²) in [5, 5.41) is 14.8. The number of hydrogen-bond acceptors (Lipinski definition) is 4. The molecule has 1 N–H and O–H groups in total. The first-order valence-corrected chi connectivity index (χ1v) is 10.7. The molecule has 0 radical (unpaired) electrons. The number of nitrogens with one attached hydrogen (secondary N) is 1. The predicted octanol–water partition coefficient (Wildman–Crippen LogP) is 4.90. The molecule has 0 spiro atoms. The number of aryl methyl sites for hydroxylation is 2. The molecule has 3 aromatic rings. The minimum atomic E-state index is -0.521. The average molecular weight is 444 g/mol. The van der Waals surface area contributed by atoms with Gasteiger partial charge in [-0.1, -0.05) is 29.8 Å². The largest absolute Gasteiger partial charge is 0.317 e. The van der Waals surface area contributed by atoms with Gasteiger partial charge in [-0.05, 0) is 67.6 Å². The zero-order valence-corrected chi connectivity index (χ0v) is 18.2. The number of halogens is 1. The molecule has 0 fully saturated rings. The molecule has 3 heterocycles. The molecule has 0 atom stereocenters. The molecule has 2 aromatic carbocycles. The van der Waals surface area contributed by atoms with Gasteiger partial charge in [0.2, 0.25) is 5.17 Å². The van der Waals surface area contributed by atoms with Crippen molar-refractivity contribution in [1.82, 2.24) is 9.58 Å². The lowest BCUT2D eigenvalue weighted by molar-refractivity contribution is -0.114. The van der Waals surface area contributed by atoms with Gasteiger partial charge in [0.25, 0.3) is 5.91 Å². The highest BCUT2D eigenvalue weighted by atomic mass is 32.2. The van der Waals surface area contributed by atoms with Crippen LogP contribution < -0.4 is 0 Å². The number of rotatable bonds is 3. The summed E-state index contributed by atoms with van der Waals surface area (Å²) in [5.74, 6) is -1.03. The van der Waals surface area contributed by atoms with Crippen molar-refractivity contribution < 1.29 is 9.18 Å². The second-order valence-electron chi connectivity index (χ2n) is 7.50. The Kier molecular flexibility index (Phi) is 4.86. The maximum Gasteiger partial charge on any atom is 0.283 e. The number of nitrogens with zero attached hydrogens (tertiary/aromatic N) is 4. The van der Waals surface area contributed by atoms with Gasteiger partial charge in [0.1, 0.15) is 10.9 Å². The van der Waals surface area contributed by atoms with Crippen molar-refractivity contribution in [1.29, 1.82) is 5.41 Å². The highest BCUT2D eigenvalue weighted by Crippen LogP contribution is 2.32. The van der Waals surface area contributed by atoms with E-state index < -0.39 is 11.7 Å². The number of amidine groups is 2. The molecule has 1 amide bonds. The molecule has 8 heteroatoms. The van der Waals surface area contributed by atoms with Crippen molar-refractivity contribution in [2.24, 2.45) is 10.1 Å². The fraction of sp³-hybridized carbons (Fsp3) is 0.0833. The standard InChI is InChI=1S/C24H18FN5OS/c1-14-9-10-20(15(2)12-14)29-11-5-6-16(29)13-18-21(26)30-24(27-22(18)31)32-23(28-30)17-7-3-4-8-19(17)25/h3-13,26H,1-2H3/b18-13-,26-21?. The molecule has 2 aliphatic rings. The summed E-state index contributed by atoms with van der Waals surface area (Å²) in [7, 11) is 0. The first-order valence-electron chi connectivity index (χ1n) is 9.92. The van der Waals surface area contributed by atoms with E-state index in [-0.39, 0.29) is 16.6 Å². The lowest BCUT2D eigenvalue weighted by Crippen LogP contribution is -2.35. The summed E-state index contributed by atoms with van der Waals surface area (Å²) in [6.07, 6.45) is 3.56. The van der Waals surface area contributed by atoms with Crippen LogP contribution in [0.4, 0.5) is 4.39 Å². The minimum absolute atomic E-state index is 0.0905. The van der Waals surface area contributed by atoms with Crippen LogP contribution in [0.2, 0.25) is 0 Å². The van der Waals surface area contributed by atoms with Gasteiger partial charge in [-0.15, -0.1) is 0 Å². The molecule has 5 rings (SSSR count). The third kappa shape index (κ3) is 3.38. The van der Waals surface area contributed by atoms with Gasteiger partial charge in [-0.25, -0.2) is 4.39 Å². The van der Waals surface area contributed by atoms with Gasteiger partial charge in [-0.2, -0.15) is 15.1 Å². The summed E-state index contributed by atoms with van der Waals surface area (Å²) < 4.78 is 16.2. The SMILES string of the molecule is Cc1ccc(-n2cccc2/C=C2/C(=N)N3N=C(c4ccccc4F)SC3=NC2=O)c(C)c1. The summed E-state index contributed by atoms with van der Waals surface area (Å²) in [6, 6.07) is 16.2. The predicted molar refractivity (Wildman–Crippen MR) is 126 cm³/mol. The molecule has 0 saturated carbocycles. The summed E-state index contributed by atoms with van der Waals surface area (Å²) >= 11 is 1.07. The number of aliphatic imine (C=N–C) groups is 1. The average Bonchev–Trinajstić information content (AvgIpc) is 3.38. The number of hydrogen-bond donors (Lipinski definition) is 1. The fourth-order valence-corrected chi connectivity index (χ4v) is 4.61. The van der Waals surface area contributed by atoms with E-state index in [2.05, 4.69) is 16.2 Å². The van der Waals surface area contributed by atoms with Crippen LogP contribution in [0.3, 0.4) is 0 Å². The van der Waals surface area contributed by atoms with Crippen molar-refractivity contribution in [3.05, 3.63) is 94.6 Å². The first kappa shape index (κ1) is 20.1. The van der Waals surface area contributed by atoms with Crippen molar-refractivity contribution in [2.75, 3.05) is 0 Å². The number of hydrazone groups is 1. The van der Waals surface area contributed by atoms with Crippen LogP contribution in [-0.4, -0.2) is 31.5 Å². The number of carbonyl (C=O) groups excluding carboxylic acids is 1. The number of amides is 1. The third-order valence-electron chi connectivity index (χ3n) is 5.24. The molecule has 32 heavy (non-hydrogen) atoms. The smallest absolute Gasteiger partial charge is 0.283 e. The second-order valence-corrected chi connectivity index (χ2v) is 8.45. The van der Waals surface area contributed by atoms with Gasteiger partial charge in [0.05, 0.1) is 5.57 Å². The van der Waals surface area contributed by atoms with Crippen molar-refractivity contribution in [2.45, 2.75) is 13.8 Å². The molecule has 0 unspecified atom stereocenters. The molecule has 158 valence electrons. The van der Waals surface area contributed by atoms with E-state index in [4.69, 9.17) is 5.41 Å². The minimum Gasteiger partial charge on any atom is -0.317 e. The molecule has 1 aromatic heterocycles. The van der Waals surface area contributed by atoms with Crippen molar-refractivity contribution in [3.63, 3.8) is 0 Å². The quantitative estimate of drug-likeness (QED) is 0.585. The second kappa shape index (κ2) is 7.72. The van der Waals surface area contributed by atoms with Crippen molar-refractivity contribution in [3.8, 4) is 5.69 Å². The number of thioether (sulfide) groups is 1.